The van der Waals surface area contributed by atoms with Gasteiger partial charge >= 0.3 is 5.97 Å². The molecule has 20 heavy (non-hydrogen) atoms. The summed E-state index contributed by atoms with van der Waals surface area (Å²) in [6.45, 7) is 2.76. The third-order valence-corrected chi connectivity index (χ3v) is 3.67. The SMILES string of the molecule is CC(Oc1ccc(Br)cc1)C(=O)OCC1CCCCO1. The number of ether oxygens (including phenoxy) is 3. The lowest BCUT2D eigenvalue weighted by atomic mass is 10.1. The molecule has 2 atom stereocenters. The summed E-state index contributed by atoms with van der Waals surface area (Å²) in [5.74, 6) is 0.286. The Morgan fingerprint density at radius 1 is 1.40 bits per heavy atom. The average molecular weight is 343 g/mol. The van der Waals surface area contributed by atoms with Gasteiger partial charge in [-0.3, -0.25) is 0 Å². The van der Waals surface area contributed by atoms with Crippen LogP contribution < -0.4 is 4.74 Å². The number of benzene rings is 1. The first-order valence-corrected chi connectivity index (χ1v) is 7.65. The maximum Gasteiger partial charge on any atom is 0.347 e. The molecule has 4 nitrogen and oxygen atoms in total. The maximum atomic E-state index is 11.8. The van der Waals surface area contributed by atoms with Crippen molar-refractivity contribution in [1.29, 1.82) is 0 Å². The first-order valence-electron chi connectivity index (χ1n) is 6.85. The van der Waals surface area contributed by atoms with E-state index in [0.29, 0.717) is 12.4 Å². The van der Waals surface area contributed by atoms with E-state index in [9.17, 15) is 4.79 Å². The Labute approximate surface area is 127 Å². The van der Waals surface area contributed by atoms with Gasteiger partial charge in [-0.05, 0) is 50.5 Å². The topological polar surface area (TPSA) is 44.8 Å². The van der Waals surface area contributed by atoms with Crippen molar-refractivity contribution in [2.75, 3.05) is 13.2 Å². The third kappa shape index (κ3) is 4.80. The summed E-state index contributed by atoms with van der Waals surface area (Å²) in [6, 6.07) is 7.34. The van der Waals surface area contributed by atoms with E-state index in [1.807, 2.05) is 12.1 Å². The van der Waals surface area contributed by atoms with Crippen molar-refractivity contribution in [2.45, 2.75) is 38.4 Å². The van der Waals surface area contributed by atoms with Crippen LogP contribution in [0.25, 0.3) is 0 Å². The van der Waals surface area contributed by atoms with Crippen LogP contribution in [0.15, 0.2) is 28.7 Å². The maximum absolute atomic E-state index is 11.8. The summed E-state index contributed by atoms with van der Waals surface area (Å²) in [7, 11) is 0. The van der Waals surface area contributed by atoms with Crippen LogP contribution in [0.1, 0.15) is 26.2 Å². The van der Waals surface area contributed by atoms with Crippen LogP contribution in [-0.4, -0.2) is 31.4 Å². The molecule has 1 aromatic carbocycles. The quantitative estimate of drug-likeness (QED) is 0.770. The van der Waals surface area contributed by atoms with E-state index in [1.54, 1.807) is 19.1 Å². The molecule has 1 aromatic rings. The summed E-state index contributed by atoms with van der Waals surface area (Å²) in [6.07, 6.45) is 2.59. The Balaban J connectivity index is 1.75. The fourth-order valence-corrected chi connectivity index (χ4v) is 2.26. The lowest BCUT2D eigenvalue weighted by Crippen LogP contribution is -2.31. The van der Waals surface area contributed by atoms with Gasteiger partial charge in [0.05, 0.1) is 6.10 Å². The van der Waals surface area contributed by atoms with Crippen LogP contribution in [0.4, 0.5) is 0 Å². The third-order valence-electron chi connectivity index (χ3n) is 3.14. The standard InChI is InChI=1S/C15H19BrO4/c1-11(20-13-7-5-12(16)6-8-13)15(17)19-10-14-4-2-3-9-18-14/h5-8,11,14H,2-4,9-10H2,1H3. The minimum atomic E-state index is -0.625. The highest BCUT2D eigenvalue weighted by atomic mass is 79.9. The Morgan fingerprint density at radius 3 is 2.80 bits per heavy atom. The Hall–Kier alpha value is -1.07. The van der Waals surface area contributed by atoms with Crippen LogP contribution in [0, 0.1) is 0 Å². The van der Waals surface area contributed by atoms with E-state index in [1.165, 1.54) is 0 Å². The normalized spacial score (nSPS) is 20.2. The smallest absolute Gasteiger partial charge is 0.347 e. The van der Waals surface area contributed by atoms with Crippen molar-refractivity contribution < 1.29 is 19.0 Å². The van der Waals surface area contributed by atoms with Gasteiger partial charge in [-0.25, -0.2) is 4.79 Å². The molecular weight excluding hydrogens is 324 g/mol. The molecule has 1 aliphatic rings. The largest absolute Gasteiger partial charge is 0.479 e. The highest BCUT2D eigenvalue weighted by molar-refractivity contribution is 9.10. The van der Waals surface area contributed by atoms with Gasteiger partial charge in [-0.1, -0.05) is 15.9 Å². The van der Waals surface area contributed by atoms with Gasteiger partial charge in [0, 0.05) is 11.1 Å². The molecule has 0 bridgehead atoms. The van der Waals surface area contributed by atoms with Gasteiger partial charge in [-0.2, -0.15) is 0 Å². The van der Waals surface area contributed by atoms with Crippen molar-refractivity contribution in [3.63, 3.8) is 0 Å². The molecule has 110 valence electrons. The number of hydrogen-bond acceptors (Lipinski definition) is 4. The zero-order valence-corrected chi connectivity index (χ0v) is 13.1. The van der Waals surface area contributed by atoms with Gasteiger partial charge in [-0.15, -0.1) is 0 Å². The molecule has 0 saturated carbocycles. The molecule has 1 fully saturated rings. The molecule has 1 saturated heterocycles. The zero-order chi connectivity index (χ0) is 14.4. The van der Waals surface area contributed by atoms with E-state index in [4.69, 9.17) is 14.2 Å². The monoisotopic (exact) mass is 342 g/mol. The number of hydrogen-bond donors (Lipinski definition) is 0. The van der Waals surface area contributed by atoms with E-state index in [-0.39, 0.29) is 12.1 Å². The van der Waals surface area contributed by atoms with Crippen molar-refractivity contribution >= 4 is 21.9 Å². The molecule has 1 heterocycles. The predicted octanol–water partition coefficient (Wildman–Crippen LogP) is 3.33. The first kappa shape index (κ1) is 15.3. The molecule has 0 aliphatic carbocycles. The molecule has 0 spiro atoms. The second kappa shape index (κ2) is 7.64. The minimum absolute atomic E-state index is 0.0348. The summed E-state index contributed by atoms with van der Waals surface area (Å²) >= 11 is 3.35. The van der Waals surface area contributed by atoms with Gasteiger partial charge in [0.25, 0.3) is 0 Å². The van der Waals surface area contributed by atoms with Crippen molar-refractivity contribution in [3.8, 4) is 5.75 Å². The van der Waals surface area contributed by atoms with E-state index in [2.05, 4.69) is 15.9 Å². The van der Waals surface area contributed by atoms with Gasteiger partial charge < -0.3 is 14.2 Å². The van der Waals surface area contributed by atoms with Crippen LogP contribution in [-0.2, 0) is 14.3 Å². The molecule has 5 heteroatoms. The second-order valence-electron chi connectivity index (χ2n) is 4.83. The first-order chi connectivity index (χ1) is 9.65. The van der Waals surface area contributed by atoms with Gasteiger partial charge in [0.1, 0.15) is 12.4 Å². The molecule has 2 unspecified atom stereocenters. The Bertz CT molecular complexity index is 426. The van der Waals surface area contributed by atoms with Crippen LogP contribution in [0.5, 0.6) is 5.75 Å². The predicted molar refractivity (Wildman–Crippen MR) is 78.8 cm³/mol. The summed E-state index contributed by atoms with van der Waals surface area (Å²) in [5.41, 5.74) is 0. The fourth-order valence-electron chi connectivity index (χ4n) is 2.00. The van der Waals surface area contributed by atoms with Gasteiger partial charge in [0.15, 0.2) is 6.10 Å². The Kier molecular flexibility index (Phi) is 5.86. The second-order valence-corrected chi connectivity index (χ2v) is 5.75. The van der Waals surface area contributed by atoms with Crippen molar-refractivity contribution in [3.05, 3.63) is 28.7 Å². The zero-order valence-electron chi connectivity index (χ0n) is 11.5. The molecule has 1 aliphatic heterocycles. The molecule has 0 radical (unpaired) electrons. The van der Waals surface area contributed by atoms with Crippen LogP contribution in [0.2, 0.25) is 0 Å². The molecular formula is C15H19BrO4. The number of carbonyl (C=O) groups is 1. The van der Waals surface area contributed by atoms with Crippen LogP contribution >= 0.6 is 15.9 Å². The highest BCUT2D eigenvalue weighted by Crippen LogP contribution is 2.18. The summed E-state index contributed by atoms with van der Waals surface area (Å²) in [4.78, 5) is 11.8. The highest BCUT2D eigenvalue weighted by Gasteiger charge is 2.20. The summed E-state index contributed by atoms with van der Waals surface area (Å²) in [5, 5.41) is 0. The lowest BCUT2D eigenvalue weighted by Gasteiger charge is -2.23. The minimum Gasteiger partial charge on any atom is -0.479 e. The number of carbonyl (C=O) groups excluding carboxylic acids is 1. The summed E-state index contributed by atoms with van der Waals surface area (Å²) < 4.78 is 17.3. The average Bonchev–Trinajstić information content (AvgIpc) is 2.48. The fraction of sp³-hybridized carbons (Fsp3) is 0.533. The van der Waals surface area contributed by atoms with E-state index < -0.39 is 6.10 Å². The lowest BCUT2D eigenvalue weighted by molar-refractivity contribution is -0.156. The van der Waals surface area contributed by atoms with E-state index >= 15 is 0 Å². The Morgan fingerprint density at radius 2 is 2.15 bits per heavy atom. The van der Waals surface area contributed by atoms with Crippen LogP contribution in [0.3, 0.4) is 0 Å². The molecule has 0 amide bonds. The number of esters is 1. The van der Waals surface area contributed by atoms with Crippen molar-refractivity contribution in [2.24, 2.45) is 0 Å². The molecule has 0 aromatic heterocycles. The molecule has 2 rings (SSSR count). The molecule has 0 N–H and O–H groups in total. The van der Waals surface area contributed by atoms with E-state index in [0.717, 1.165) is 30.3 Å². The van der Waals surface area contributed by atoms with Crippen molar-refractivity contribution in [1.82, 2.24) is 0 Å². The number of rotatable bonds is 5. The van der Waals surface area contributed by atoms with Gasteiger partial charge in [0.2, 0.25) is 0 Å². The number of halogens is 1.